The van der Waals surface area contributed by atoms with Gasteiger partial charge in [-0.1, -0.05) is 25.5 Å². The number of carbonyl (C=O) groups excluding carboxylic acids is 1. The topological polar surface area (TPSA) is 91.0 Å². The maximum atomic E-state index is 13.1. The lowest BCUT2D eigenvalue weighted by molar-refractivity contribution is -0.109. The molecule has 0 amide bonds. The largest absolute Gasteiger partial charge is 0.383 e. The van der Waals surface area contributed by atoms with E-state index in [1.165, 1.54) is 0 Å². The number of Topliss-reactive ketones (excluding diaryl/α,β-unsaturated/α-hetero) is 1. The molecule has 9 heteroatoms. The first kappa shape index (κ1) is 19.5. The molecule has 1 rings (SSSR count). The van der Waals surface area contributed by atoms with Gasteiger partial charge in [-0.3, -0.25) is 9.36 Å². The standard InChI is InChI=1S/C13H20N2O4PS2/c1-4-21-18-20(17,19-22-5-2)12-8-6-7-10(3)13(12)11(16)9-15-14/h7-9H,4-6,14H2,1-3H3. The molecule has 1 radical (unpaired) electrons. The van der Waals surface area contributed by atoms with E-state index in [-0.39, 0.29) is 10.9 Å². The van der Waals surface area contributed by atoms with Gasteiger partial charge >= 0.3 is 7.60 Å². The number of allylic oxidation sites excluding steroid dienone is 4. The van der Waals surface area contributed by atoms with Crippen molar-refractivity contribution in [1.29, 1.82) is 0 Å². The fourth-order valence-electron chi connectivity index (χ4n) is 1.79. The molecule has 0 aromatic carbocycles. The quantitative estimate of drug-likeness (QED) is 0.219. The summed E-state index contributed by atoms with van der Waals surface area (Å²) >= 11 is 2.09. The highest BCUT2D eigenvalue weighted by Crippen LogP contribution is 2.64. The van der Waals surface area contributed by atoms with Gasteiger partial charge in [0.05, 0.1) is 11.5 Å². The summed E-state index contributed by atoms with van der Waals surface area (Å²) in [4.78, 5) is 12.2. The van der Waals surface area contributed by atoms with Crippen molar-refractivity contribution >= 4 is 43.7 Å². The van der Waals surface area contributed by atoms with E-state index in [4.69, 9.17) is 13.8 Å². The van der Waals surface area contributed by atoms with E-state index in [2.05, 4.69) is 5.10 Å². The maximum Gasteiger partial charge on any atom is 0.383 e. The third kappa shape index (κ3) is 4.99. The molecule has 1 aliphatic rings. The molecule has 0 heterocycles. The highest BCUT2D eigenvalue weighted by molar-refractivity contribution is 8.02. The van der Waals surface area contributed by atoms with Gasteiger partial charge in [-0.05, 0) is 19.8 Å². The number of rotatable bonds is 9. The molecule has 0 spiro atoms. The average molecular weight is 363 g/mol. The Kier molecular flexibility index (Phi) is 8.49. The van der Waals surface area contributed by atoms with Crippen LogP contribution in [0, 0.1) is 6.42 Å². The molecule has 0 bridgehead atoms. The number of hydrogen-bond acceptors (Lipinski definition) is 8. The fourth-order valence-corrected chi connectivity index (χ4v) is 5.60. The van der Waals surface area contributed by atoms with Gasteiger partial charge in [0.25, 0.3) is 0 Å². The van der Waals surface area contributed by atoms with Crippen LogP contribution in [0.2, 0.25) is 0 Å². The molecule has 0 aromatic rings. The Balaban J connectivity index is 3.22. The van der Waals surface area contributed by atoms with E-state index in [1.54, 1.807) is 13.0 Å². The van der Waals surface area contributed by atoms with Gasteiger partial charge in [0.15, 0.2) is 0 Å². The molecule has 2 N–H and O–H groups in total. The van der Waals surface area contributed by atoms with Crippen LogP contribution < -0.4 is 5.84 Å². The van der Waals surface area contributed by atoms with Crippen molar-refractivity contribution in [2.75, 3.05) is 11.5 Å². The van der Waals surface area contributed by atoms with E-state index in [9.17, 15) is 9.36 Å². The van der Waals surface area contributed by atoms with Gasteiger partial charge in [0.2, 0.25) is 5.78 Å². The maximum absolute atomic E-state index is 13.1. The third-order valence-electron chi connectivity index (χ3n) is 2.66. The number of ketones is 1. The lowest BCUT2D eigenvalue weighted by Crippen LogP contribution is -2.14. The summed E-state index contributed by atoms with van der Waals surface area (Å²) in [6, 6.07) is 0. The van der Waals surface area contributed by atoms with E-state index >= 15 is 0 Å². The van der Waals surface area contributed by atoms with Crippen molar-refractivity contribution < 1.29 is 17.3 Å². The Bertz CT molecular complexity index is 534. The summed E-state index contributed by atoms with van der Waals surface area (Å²) in [5.41, 5.74) is 0.981. The van der Waals surface area contributed by atoms with Crippen LogP contribution in [-0.2, 0) is 17.3 Å². The van der Waals surface area contributed by atoms with Crippen LogP contribution in [0.25, 0.3) is 0 Å². The van der Waals surface area contributed by atoms with E-state index in [0.717, 1.165) is 30.3 Å². The van der Waals surface area contributed by atoms with Crippen LogP contribution in [-0.4, -0.2) is 23.5 Å². The van der Waals surface area contributed by atoms with Crippen LogP contribution in [0.3, 0.4) is 0 Å². The molecular weight excluding hydrogens is 343 g/mol. The predicted molar refractivity (Wildman–Crippen MR) is 93.4 cm³/mol. The van der Waals surface area contributed by atoms with Gasteiger partial charge < -0.3 is 5.84 Å². The number of nitrogens with zero attached hydrogens (tertiary/aromatic N) is 1. The minimum absolute atomic E-state index is 0.275. The first-order valence-corrected chi connectivity index (χ1v) is 10.1. The molecule has 0 atom stereocenters. The van der Waals surface area contributed by atoms with E-state index < -0.39 is 13.4 Å². The van der Waals surface area contributed by atoms with Gasteiger partial charge in [-0.2, -0.15) is 5.10 Å². The minimum Gasteiger partial charge on any atom is -0.323 e. The van der Waals surface area contributed by atoms with Gasteiger partial charge in [0.1, 0.15) is 0 Å². The average Bonchev–Trinajstić information content (AvgIpc) is 2.50. The molecule has 22 heavy (non-hydrogen) atoms. The first-order chi connectivity index (χ1) is 10.5. The summed E-state index contributed by atoms with van der Waals surface area (Å²) in [7, 11) is -3.61. The number of nitrogens with two attached hydrogens (primary N) is 1. The Morgan fingerprint density at radius 2 is 2.00 bits per heavy atom. The third-order valence-corrected chi connectivity index (χ3v) is 6.54. The number of carbonyl (C=O) groups is 1. The van der Waals surface area contributed by atoms with Gasteiger partial charge in [-0.25, -0.2) is 7.94 Å². The number of hydrogen-bond donors (Lipinski definition) is 1. The van der Waals surface area contributed by atoms with Crippen molar-refractivity contribution in [2.45, 2.75) is 27.2 Å². The highest BCUT2D eigenvalue weighted by atomic mass is 32.2. The van der Waals surface area contributed by atoms with Gasteiger partial charge in [0, 0.05) is 41.2 Å². The molecule has 0 fully saturated rings. The fraction of sp³-hybridized carbons (Fsp3) is 0.462. The Labute approximate surface area is 139 Å². The zero-order valence-electron chi connectivity index (χ0n) is 12.8. The van der Waals surface area contributed by atoms with Crippen LogP contribution in [0.15, 0.2) is 27.6 Å². The monoisotopic (exact) mass is 363 g/mol. The van der Waals surface area contributed by atoms with E-state index in [1.807, 2.05) is 20.3 Å². The molecule has 1 aliphatic carbocycles. The van der Waals surface area contributed by atoms with Crippen molar-refractivity contribution in [3.05, 3.63) is 29.0 Å². The Morgan fingerprint density at radius 1 is 1.41 bits per heavy atom. The van der Waals surface area contributed by atoms with Crippen molar-refractivity contribution in [3.8, 4) is 0 Å². The summed E-state index contributed by atoms with van der Waals surface area (Å²) in [6.45, 7) is 5.52. The second-order valence-corrected chi connectivity index (χ2v) is 8.48. The van der Waals surface area contributed by atoms with Crippen molar-refractivity contribution in [1.82, 2.24) is 0 Å². The molecule has 0 saturated carbocycles. The van der Waals surface area contributed by atoms with Crippen molar-refractivity contribution in [3.63, 3.8) is 0 Å². The normalized spacial score (nSPS) is 16.2. The van der Waals surface area contributed by atoms with Crippen LogP contribution in [0.5, 0.6) is 0 Å². The minimum atomic E-state index is -3.61. The molecule has 0 aliphatic heterocycles. The molecule has 6 nitrogen and oxygen atoms in total. The summed E-state index contributed by atoms with van der Waals surface area (Å²) in [6.07, 6.45) is 5.11. The molecule has 0 saturated heterocycles. The summed E-state index contributed by atoms with van der Waals surface area (Å²) in [5.74, 6) is 5.86. The number of hydrazone groups is 1. The SMILES string of the molecule is CCSOP(=O)(OSCC)C1=CC[CH]C(C)=C1C(=O)C=NN. The molecule has 0 unspecified atom stereocenters. The van der Waals surface area contributed by atoms with Crippen molar-refractivity contribution in [2.24, 2.45) is 10.9 Å². The zero-order valence-corrected chi connectivity index (χ0v) is 15.3. The first-order valence-electron chi connectivity index (χ1n) is 6.75. The zero-order chi connectivity index (χ0) is 16.6. The molecule has 0 aromatic heterocycles. The van der Waals surface area contributed by atoms with Crippen LogP contribution >= 0.6 is 31.7 Å². The second kappa shape index (κ2) is 9.57. The summed E-state index contributed by atoms with van der Waals surface area (Å²) in [5, 5.41) is 3.53. The molecule has 123 valence electrons. The van der Waals surface area contributed by atoms with Crippen LogP contribution in [0.1, 0.15) is 27.2 Å². The second-order valence-electron chi connectivity index (χ2n) is 4.19. The smallest absolute Gasteiger partial charge is 0.323 e. The lowest BCUT2D eigenvalue weighted by atomic mass is 9.96. The summed E-state index contributed by atoms with van der Waals surface area (Å²) < 4.78 is 23.9. The Hall–Kier alpha value is -0.530. The van der Waals surface area contributed by atoms with Gasteiger partial charge in [-0.15, -0.1) is 0 Å². The molecular formula is C13H20N2O4PS2. The highest BCUT2D eigenvalue weighted by Gasteiger charge is 2.38. The van der Waals surface area contributed by atoms with E-state index in [0.29, 0.717) is 23.5 Å². The lowest BCUT2D eigenvalue weighted by Gasteiger charge is -2.23. The Morgan fingerprint density at radius 3 is 2.50 bits per heavy atom. The predicted octanol–water partition coefficient (Wildman–Crippen LogP) is 3.87. The van der Waals surface area contributed by atoms with Crippen LogP contribution in [0.4, 0.5) is 0 Å².